The summed E-state index contributed by atoms with van der Waals surface area (Å²) in [6, 6.07) is 6.85. The summed E-state index contributed by atoms with van der Waals surface area (Å²) in [5.74, 6) is -1.45. The molecule has 1 heterocycles. The maximum Gasteiger partial charge on any atom is 0.362 e. The van der Waals surface area contributed by atoms with E-state index in [0.29, 0.717) is 12.1 Å². The zero-order valence-electron chi connectivity index (χ0n) is 11.7. The number of carboxylic acid groups (broad SMARTS) is 1. The summed E-state index contributed by atoms with van der Waals surface area (Å²) in [4.78, 5) is 35.4. The average Bonchev–Trinajstić information content (AvgIpc) is 2.44. The summed E-state index contributed by atoms with van der Waals surface area (Å²) in [6.45, 7) is 3.83. The van der Waals surface area contributed by atoms with Gasteiger partial charge in [0.2, 0.25) is 5.69 Å². The van der Waals surface area contributed by atoms with Crippen molar-refractivity contribution in [2.24, 2.45) is 0 Å². The van der Waals surface area contributed by atoms with Crippen LogP contribution in [0.1, 0.15) is 29.4 Å². The third-order valence-electron chi connectivity index (χ3n) is 2.99. The lowest BCUT2D eigenvalue weighted by Crippen LogP contribution is -2.44. The monoisotopic (exact) mass is 289 g/mol. The number of hydrogen-bond donors (Lipinski definition) is 1. The molecular weight excluding hydrogens is 274 g/mol. The second kappa shape index (κ2) is 5.74. The highest BCUT2D eigenvalue weighted by atomic mass is 16.4. The van der Waals surface area contributed by atoms with E-state index in [1.54, 1.807) is 31.2 Å². The molecule has 1 aromatic carbocycles. The Morgan fingerprint density at radius 1 is 1.24 bits per heavy atom. The second-order valence-electron chi connectivity index (χ2n) is 4.64. The molecule has 2 rings (SSSR count). The molecule has 1 N–H and O–H groups in total. The number of aryl methyl sites for hydroxylation is 1. The number of benzene rings is 1. The molecule has 7 heteroatoms. The quantitative estimate of drug-likeness (QED) is 0.898. The zero-order valence-corrected chi connectivity index (χ0v) is 11.7. The molecule has 0 spiro atoms. The average molecular weight is 289 g/mol. The van der Waals surface area contributed by atoms with Gasteiger partial charge >= 0.3 is 11.7 Å². The Morgan fingerprint density at radius 2 is 1.86 bits per heavy atom. The van der Waals surface area contributed by atoms with Gasteiger partial charge in [0.05, 0.1) is 5.69 Å². The number of rotatable bonds is 4. The lowest BCUT2D eigenvalue weighted by molar-refractivity contribution is 0.0684. The number of nitrogens with zero attached hydrogens (tertiary/aromatic N) is 3. The van der Waals surface area contributed by atoms with Crippen molar-refractivity contribution in [3.05, 3.63) is 56.4 Å². The van der Waals surface area contributed by atoms with E-state index in [2.05, 4.69) is 5.10 Å². The van der Waals surface area contributed by atoms with E-state index < -0.39 is 22.9 Å². The van der Waals surface area contributed by atoms with Crippen molar-refractivity contribution in [3.8, 4) is 5.69 Å². The second-order valence-corrected chi connectivity index (χ2v) is 4.64. The van der Waals surface area contributed by atoms with Crippen molar-refractivity contribution < 1.29 is 9.90 Å². The van der Waals surface area contributed by atoms with Crippen molar-refractivity contribution in [2.75, 3.05) is 0 Å². The smallest absolute Gasteiger partial charge is 0.362 e. The molecule has 2 aromatic rings. The molecule has 0 fully saturated rings. The highest BCUT2D eigenvalue weighted by Gasteiger charge is 2.18. The summed E-state index contributed by atoms with van der Waals surface area (Å²) in [7, 11) is 0. The van der Waals surface area contributed by atoms with Gasteiger partial charge in [-0.1, -0.05) is 24.6 Å². The molecule has 0 unspecified atom stereocenters. The molecule has 21 heavy (non-hydrogen) atoms. The number of aromatic carboxylic acids is 1. The molecule has 7 nitrogen and oxygen atoms in total. The fourth-order valence-corrected chi connectivity index (χ4v) is 1.92. The molecule has 110 valence electrons. The summed E-state index contributed by atoms with van der Waals surface area (Å²) < 4.78 is 1.84. The van der Waals surface area contributed by atoms with Gasteiger partial charge in [0.25, 0.3) is 5.56 Å². The van der Waals surface area contributed by atoms with E-state index in [0.717, 1.165) is 14.8 Å². The fraction of sp³-hybridized carbons (Fsp3) is 0.286. The highest BCUT2D eigenvalue weighted by Crippen LogP contribution is 2.05. The lowest BCUT2D eigenvalue weighted by Gasteiger charge is -2.10. The Kier molecular flexibility index (Phi) is 4.02. The maximum atomic E-state index is 12.3. The van der Waals surface area contributed by atoms with Crippen LogP contribution in [0.2, 0.25) is 0 Å². The largest absolute Gasteiger partial charge is 0.476 e. The first-order chi connectivity index (χ1) is 9.95. The van der Waals surface area contributed by atoms with Crippen LogP contribution >= 0.6 is 0 Å². The minimum Gasteiger partial charge on any atom is -0.476 e. The Morgan fingerprint density at radius 3 is 2.38 bits per heavy atom. The Labute approximate surface area is 120 Å². The molecule has 0 saturated heterocycles. The number of aromatic nitrogens is 3. The standard InChI is InChI=1S/C14H15N3O4/c1-3-8-16-12(18)11(13(19)20)15-17(14(16)21)10-6-4-9(2)5-7-10/h4-7H,3,8H2,1-2H3,(H,19,20). The van der Waals surface area contributed by atoms with Gasteiger partial charge in [0, 0.05) is 6.54 Å². The highest BCUT2D eigenvalue weighted by molar-refractivity contribution is 5.84. The van der Waals surface area contributed by atoms with Crippen molar-refractivity contribution in [2.45, 2.75) is 26.8 Å². The van der Waals surface area contributed by atoms with Crippen LogP contribution < -0.4 is 11.2 Å². The summed E-state index contributed by atoms with van der Waals surface area (Å²) in [5.41, 5.74) is -0.776. The normalized spacial score (nSPS) is 10.6. The lowest BCUT2D eigenvalue weighted by atomic mass is 10.2. The predicted octanol–water partition coefficient (Wildman–Crippen LogP) is 0.811. The van der Waals surface area contributed by atoms with Gasteiger partial charge in [-0.3, -0.25) is 9.36 Å². The summed E-state index contributed by atoms with van der Waals surface area (Å²) in [6.07, 6.45) is 0.534. The first-order valence-electron chi connectivity index (χ1n) is 6.50. The van der Waals surface area contributed by atoms with Gasteiger partial charge in [-0.25, -0.2) is 9.59 Å². The number of carbonyl (C=O) groups is 1. The van der Waals surface area contributed by atoms with E-state index in [-0.39, 0.29) is 6.54 Å². The topological polar surface area (TPSA) is 94.2 Å². The van der Waals surface area contributed by atoms with Crippen LogP contribution in [-0.2, 0) is 6.54 Å². The van der Waals surface area contributed by atoms with Crippen LogP contribution in [0.15, 0.2) is 33.9 Å². The van der Waals surface area contributed by atoms with Crippen LogP contribution in [0.5, 0.6) is 0 Å². The van der Waals surface area contributed by atoms with Crippen LogP contribution in [0.4, 0.5) is 0 Å². The minimum absolute atomic E-state index is 0.145. The molecule has 0 saturated carbocycles. The third kappa shape index (κ3) is 2.76. The molecule has 1 aromatic heterocycles. The van der Waals surface area contributed by atoms with E-state index in [4.69, 9.17) is 5.11 Å². The number of hydrogen-bond acceptors (Lipinski definition) is 4. The molecule has 0 aliphatic heterocycles. The molecule has 0 bridgehead atoms. The van der Waals surface area contributed by atoms with Crippen LogP contribution in [0.25, 0.3) is 5.69 Å². The molecule has 0 aliphatic rings. The first kappa shape index (κ1) is 14.7. The predicted molar refractivity (Wildman–Crippen MR) is 76.1 cm³/mol. The van der Waals surface area contributed by atoms with E-state index in [1.807, 2.05) is 6.92 Å². The Bertz CT molecular complexity index is 787. The van der Waals surface area contributed by atoms with Gasteiger partial charge in [-0.15, -0.1) is 0 Å². The number of carboxylic acids is 1. The van der Waals surface area contributed by atoms with E-state index in [9.17, 15) is 14.4 Å². The third-order valence-corrected chi connectivity index (χ3v) is 2.99. The van der Waals surface area contributed by atoms with Crippen LogP contribution in [-0.4, -0.2) is 25.4 Å². The van der Waals surface area contributed by atoms with Crippen molar-refractivity contribution in [3.63, 3.8) is 0 Å². The molecule has 0 aliphatic carbocycles. The SMILES string of the molecule is CCCn1c(=O)c(C(=O)O)nn(-c2ccc(C)cc2)c1=O. The van der Waals surface area contributed by atoms with Crippen molar-refractivity contribution in [1.29, 1.82) is 0 Å². The Balaban J connectivity index is 2.77. The summed E-state index contributed by atoms with van der Waals surface area (Å²) >= 11 is 0. The van der Waals surface area contributed by atoms with Crippen LogP contribution in [0, 0.1) is 6.92 Å². The first-order valence-corrected chi connectivity index (χ1v) is 6.50. The van der Waals surface area contributed by atoms with Gasteiger partial charge in [-0.05, 0) is 25.5 Å². The van der Waals surface area contributed by atoms with Crippen molar-refractivity contribution >= 4 is 5.97 Å². The minimum atomic E-state index is -1.45. The molecular formula is C14H15N3O4. The Hall–Kier alpha value is -2.70. The molecule has 0 radical (unpaired) electrons. The van der Waals surface area contributed by atoms with E-state index >= 15 is 0 Å². The fourth-order valence-electron chi connectivity index (χ4n) is 1.92. The van der Waals surface area contributed by atoms with Gasteiger partial charge in [0.15, 0.2) is 0 Å². The summed E-state index contributed by atoms with van der Waals surface area (Å²) in [5, 5.41) is 12.8. The molecule has 0 atom stereocenters. The molecule has 0 amide bonds. The van der Waals surface area contributed by atoms with Crippen LogP contribution in [0.3, 0.4) is 0 Å². The maximum absolute atomic E-state index is 12.3. The zero-order chi connectivity index (χ0) is 15.6. The van der Waals surface area contributed by atoms with Gasteiger partial charge in [-0.2, -0.15) is 9.78 Å². The van der Waals surface area contributed by atoms with Crippen molar-refractivity contribution in [1.82, 2.24) is 14.3 Å². The van der Waals surface area contributed by atoms with Gasteiger partial charge in [0.1, 0.15) is 0 Å². The van der Waals surface area contributed by atoms with E-state index in [1.165, 1.54) is 0 Å². The van der Waals surface area contributed by atoms with Gasteiger partial charge < -0.3 is 5.11 Å².